The Labute approximate surface area is 145 Å². The van der Waals surface area contributed by atoms with Crippen LogP contribution in [0.5, 0.6) is 0 Å². The predicted molar refractivity (Wildman–Crippen MR) is 92.1 cm³/mol. The molecule has 1 aliphatic carbocycles. The van der Waals surface area contributed by atoms with Gasteiger partial charge in [0.05, 0.1) is 26.8 Å². The zero-order valence-corrected chi connectivity index (χ0v) is 15.5. The second-order valence-corrected chi connectivity index (χ2v) is 8.64. The van der Waals surface area contributed by atoms with Crippen molar-refractivity contribution in [2.45, 2.75) is 44.6 Å². The molecular formula is C15H16Br2N2OS. The van der Waals surface area contributed by atoms with Crippen molar-refractivity contribution in [3.05, 3.63) is 37.2 Å². The lowest BCUT2D eigenvalue weighted by molar-refractivity contribution is 0.0995. The fraction of sp³-hybridized carbons (Fsp3) is 0.467. The third kappa shape index (κ3) is 3.66. The summed E-state index contributed by atoms with van der Waals surface area (Å²) < 4.78 is 3.95. The molecule has 0 spiro atoms. The topological polar surface area (TPSA) is 34.9 Å². The fourth-order valence-corrected chi connectivity index (χ4v) is 4.73. The molecule has 0 N–H and O–H groups in total. The lowest BCUT2D eigenvalue weighted by Gasteiger charge is -2.21. The van der Waals surface area contributed by atoms with Gasteiger partial charge >= 0.3 is 0 Å². The van der Waals surface area contributed by atoms with Crippen LogP contribution in [0.1, 0.15) is 53.5 Å². The van der Waals surface area contributed by atoms with E-state index in [1.165, 1.54) is 43.4 Å². The van der Waals surface area contributed by atoms with E-state index >= 15 is 0 Å². The van der Waals surface area contributed by atoms with Crippen LogP contribution in [0, 0.1) is 0 Å². The minimum atomic E-state index is 0.125. The van der Waals surface area contributed by atoms with Gasteiger partial charge in [0.1, 0.15) is 0 Å². The van der Waals surface area contributed by atoms with Crippen LogP contribution in [0.15, 0.2) is 26.6 Å². The molecule has 1 aliphatic rings. The van der Waals surface area contributed by atoms with Crippen LogP contribution in [-0.4, -0.2) is 15.6 Å². The van der Waals surface area contributed by atoms with Crippen molar-refractivity contribution in [1.29, 1.82) is 0 Å². The summed E-state index contributed by atoms with van der Waals surface area (Å²) in [5.41, 5.74) is 0.867. The van der Waals surface area contributed by atoms with Gasteiger partial charge < -0.3 is 0 Å². The van der Waals surface area contributed by atoms with E-state index in [2.05, 4.69) is 41.6 Å². The molecule has 2 aromatic heterocycles. The monoisotopic (exact) mass is 430 g/mol. The molecule has 2 aromatic rings. The number of rotatable bonds is 4. The molecule has 3 nitrogen and oxygen atoms in total. The Kier molecular flexibility index (Phi) is 4.96. The fourth-order valence-electron chi connectivity index (χ4n) is 2.76. The number of Topliss-reactive ketones (excluding diaryl/α,β-unsaturated/α-hetero) is 1. The Bertz CT molecular complexity index is 624. The first-order valence-electron chi connectivity index (χ1n) is 7.15. The summed E-state index contributed by atoms with van der Waals surface area (Å²) in [5.74, 6) is 0.125. The van der Waals surface area contributed by atoms with Crippen LogP contribution in [0.2, 0.25) is 0 Å². The van der Waals surface area contributed by atoms with E-state index in [0.29, 0.717) is 12.5 Å². The van der Waals surface area contributed by atoms with Crippen molar-refractivity contribution < 1.29 is 4.79 Å². The smallest absolute Gasteiger partial charge is 0.178 e. The van der Waals surface area contributed by atoms with Crippen molar-refractivity contribution >= 4 is 49.0 Å². The van der Waals surface area contributed by atoms with E-state index in [0.717, 1.165) is 18.8 Å². The molecule has 0 unspecified atom stereocenters. The van der Waals surface area contributed by atoms with Gasteiger partial charge in [0.15, 0.2) is 5.78 Å². The molecule has 21 heavy (non-hydrogen) atoms. The summed E-state index contributed by atoms with van der Waals surface area (Å²) in [6.45, 7) is 0. The highest BCUT2D eigenvalue weighted by molar-refractivity contribution is 9.13. The molecule has 1 saturated carbocycles. The summed E-state index contributed by atoms with van der Waals surface area (Å²) in [6, 6.07) is 4.37. The van der Waals surface area contributed by atoms with Crippen LogP contribution in [0.4, 0.5) is 0 Å². The number of hydrogen-bond donors (Lipinski definition) is 0. The number of carbonyl (C=O) groups excluding carboxylic acids is 1. The number of nitrogens with zero attached hydrogens (tertiary/aromatic N) is 2. The maximum absolute atomic E-state index is 12.3. The number of halogens is 2. The van der Waals surface area contributed by atoms with Crippen molar-refractivity contribution in [3.8, 4) is 0 Å². The van der Waals surface area contributed by atoms with Crippen molar-refractivity contribution in [2.24, 2.45) is 0 Å². The molecule has 0 aromatic carbocycles. The molecule has 0 amide bonds. The first-order chi connectivity index (χ1) is 10.1. The summed E-state index contributed by atoms with van der Waals surface area (Å²) in [7, 11) is 0. The second-order valence-electron chi connectivity index (χ2n) is 5.41. The maximum atomic E-state index is 12.3. The quantitative estimate of drug-likeness (QED) is 0.607. The van der Waals surface area contributed by atoms with Crippen LogP contribution < -0.4 is 0 Å². The van der Waals surface area contributed by atoms with Gasteiger partial charge in [-0.1, -0.05) is 19.3 Å². The largest absolute Gasteiger partial charge is 0.293 e. The Morgan fingerprint density at radius 2 is 2.10 bits per heavy atom. The van der Waals surface area contributed by atoms with Crippen LogP contribution >= 0.6 is 43.2 Å². The molecule has 112 valence electrons. The van der Waals surface area contributed by atoms with E-state index in [9.17, 15) is 4.79 Å². The highest BCUT2D eigenvalue weighted by atomic mass is 79.9. The highest BCUT2D eigenvalue weighted by Gasteiger charge is 2.18. The summed E-state index contributed by atoms with van der Waals surface area (Å²) in [6.07, 6.45) is 8.73. The van der Waals surface area contributed by atoms with Crippen LogP contribution in [0.25, 0.3) is 0 Å². The van der Waals surface area contributed by atoms with E-state index in [1.54, 1.807) is 0 Å². The van der Waals surface area contributed by atoms with Crippen LogP contribution in [-0.2, 0) is 6.42 Å². The first-order valence-corrected chi connectivity index (χ1v) is 9.56. The van der Waals surface area contributed by atoms with Gasteiger partial charge in [-0.2, -0.15) is 5.10 Å². The Balaban J connectivity index is 1.67. The average Bonchev–Trinajstić information content (AvgIpc) is 3.08. The Hall–Kier alpha value is -0.460. The molecule has 0 saturated heterocycles. The molecule has 0 aliphatic heterocycles. The van der Waals surface area contributed by atoms with Crippen molar-refractivity contribution in [1.82, 2.24) is 9.78 Å². The van der Waals surface area contributed by atoms with E-state index in [-0.39, 0.29) is 5.78 Å². The van der Waals surface area contributed by atoms with E-state index < -0.39 is 0 Å². The molecule has 0 radical (unpaired) electrons. The van der Waals surface area contributed by atoms with Gasteiger partial charge in [-0.25, -0.2) is 0 Å². The molecule has 0 atom stereocenters. The Morgan fingerprint density at radius 3 is 2.76 bits per heavy atom. The summed E-state index contributed by atoms with van der Waals surface area (Å²) in [4.78, 5) is 13.0. The maximum Gasteiger partial charge on any atom is 0.178 e. The number of thiophene rings is 1. The summed E-state index contributed by atoms with van der Waals surface area (Å²) >= 11 is 8.31. The number of aromatic nitrogens is 2. The first kappa shape index (κ1) is 15.4. The summed E-state index contributed by atoms with van der Waals surface area (Å²) in [5, 5.41) is 4.61. The van der Waals surface area contributed by atoms with Gasteiger partial charge in [0.2, 0.25) is 0 Å². The minimum Gasteiger partial charge on any atom is -0.293 e. The van der Waals surface area contributed by atoms with Crippen molar-refractivity contribution in [2.75, 3.05) is 0 Å². The van der Waals surface area contributed by atoms with Gasteiger partial charge in [0.25, 0.3) is 0 Å². The SMILES string of the molecule is O=C(Cc1ccn(C2CCCCC2)n1)c1cc(Br)c(Br)s1. The number of ketones is 1. The van der Waals surface area contributed by atoms with Gasteiger partial charge in [-0.05, 0) is 56.8 Å². The molecule has 2 heterocycles. The van der Waals surface area contributed by atoms with Crippen LogP contribution in [0.3, 0.4) is 0 Å². The lowest BCUT2D eigenvalue weighted by Crippen LogP contribution is -2.14. The number of carbonyl (C=O) groups is 1. The van der Waals surface area contributed by atoms with Gasteiger partial charge in [0, 0.05) is 10.7 Å². The standard InChI is InChI=1S/C15H16Br2N2OS/c16-12-9-14(21-15(12)17)13(20)8-10-6-7-19(18-10)11-4-2-1-3-5-11/h6-7,9,11H,1-5,8H2. The van der Waals surface area contributed by atoms with E-state index in [1.807, 2.05) is 18.3 Å². The van der Waals surface area contributed by atoms with Gasteiger partial charge in [-0.15, -0.1) is 11.3 Å². The third-order valence-electron chi connectivity index (χ3n) is 3.87. The normalized spacial score (nSPS) is 16.3. The average molecular weight is 432 g/mol. The third-order valence-corrected chi connectivity index (χ3v) is 7.17. The predicted octanol–water partition coefficient (Wildman–Crippen LogP) is 5.40. The molecule has 1 fully saturated rings. The highest BCUT2D eigenvalue weighted by Crippen LogP contribution is 2.33. The van der Waals surface area contributed by atoms with Gasteiger partial charge in [-0.3, -0.25) is 9.48 Å². The second kappa shape index (κ2) is 6.75. The zero-order valence-electron chi connectivity index (χ0n) is 11.5. The molecule has 0 bridgehead atoms. The Morgan fingerprint density at radius 1 is 1.33 bits per heavy atom. The molecule has 3 rings (SSSR count). The zero-order chi connectivity index (χ0) is 14.8. The molecule has 6 heteroatoms. The molecular weight excluding hydrogens is 416 g/mol. The number of hydrogen-bond acceptors (Lipinski definition) is 3. The minimum absolute atomic E-state index is 0.125. The lowest BCUT2D eigenvalue weighted by atomic mass is 9.96. The van der Waals surface area contributed by atoms with Crippen molar-refractivity contribution in [3.63, 3.8) is 0 Å². The van der Waals surface area contributed by atoms with E-state index in [4.69, 9.17) is 0 Å².